The topological polar surface area (TPSA) is 87.7 Å². The van der Waals surface area contributed by atoms with E-state index < -0.39 is 6.10 Å². The molecule has 0 aromatic rings. The van der Waals surface area contributed by atoms with Gasteiger partial charge in [0.1, 0.15) is 6.10 Å². The van der Waals surface area contributed by atoms with Crippen LogP contribution in [0.15, 0.2) is 0 Å². The number of hydrogen-bond acceptors (Lipinski definition) is 4. The van der Waals surface area contributed by atoms with Crippen molar-refractivity contribution in [1.82, 2.24) is 10.6 Å². The molecular weight excluding hydrogens is 272 g/mol. The van der Waals surface area contributed by atoms with Crippen LogP contribution in [0.1, 0.15) is 45.4 Å². The predicted molar refractivity (Wildman–Crippen MR) is 77.6 cm³/mol. The smallest absolute Gasteiger partial charge is 0.223 e. The van der Waals surface area contributed by atoms with Gasteiger partial charge >= 0.3 is 0 Å². The number of carbonyl (C=O) groups is 2. The number of rotatable bonds is 6. The maximum Gasteiger partial charge on any atom is 0.223 e. The number of amides is 2. The summed E-state index contributed by atoms with van der Waals surface area (Å²) in [6, 6.07) is -0.145. The van der Waals surface area contributed by atoms with E-state index in [0.29, 0.717) is 13.0 Å². The molecule has 1 aliphatic carbocycles. The van der Waals surface area contributed by atoms with Crippen LogP contribution in [0.4, 0.5) is 0 Å². The molecule has 2 aliphatic rings. The van der Waals surface area contributed by atoms with E-state index in [4.69, 9.17) is 4.74 Å². The Labute approximate surface area is 125 Å². The van der Waals surface area contributed by atoms with E-state index in [1.165, 1.54) is 0 Å². The second-order valence-corrected chi connectivity index (χ2v) is 5.96. The van der Waals surface area contributed by atoms with Crippen LogP contribution in [0.25, 0.3) is 0 Å². The Morgan fingerprint density at radius 3 is 2.57 bits per heavy atom. The standard InChI is InChI=1S/C15H26N2O4/c1-2-16-14(19)8-11-6-7-12(13(9-18)21-11)17-15(20)10-4-3-5-10/h10-13,18H,2-9H2,1H3,(H,16,19)(H,17,20)/t11-,12-,13+/m0/s1. The molecule has 3 N–H and O–H groups in total. The summed E-state index contributed by atoms with van der Waals surface area (Å²) < 4.78 is 5.77. The molecule has 0 aromatic carbocycles. The highest BCUT2D eigenvalue weighted by molar-refractivity contribution is 5.79. The largest absolute Gasteiger partial charge is 0.394 e. The van der Waals surface area contributed by atoms with E-state index in [1.54, 1.807) is 0 Å². The minimum Gasteiger partial charge on any atom is -0.394 e. The number of carbonyl (C=O) groups excluding carboxylic acids is 2. The van der Waals surface area contributed by atoms with Gasteiger partial charge < -0.3 is 20.5 Å². The Morgan fingerprint density at radius 2 is 2.00 bits per heavy atom. The first kappa shape index (κ1) is 16.2. The number of nitrogens with one attached hydrogen (secondary N) is 2. The van der Waals surface area contributed by atoms with E-state index in [2.05, 4.69) is 10.6 Å². The highest BCUT2D eigenvalue weighted by atomic mass is 16.5. The molecule has 0 radical (unpaired) electrons. The minimum absolute atomic E-state index is 0.0313. The van der Waals surface area contributed by atoms with Crippen LogP contribution in [0.2, 0.25) is 0 Å². The van der Waals surface area contributed by atoms with Gasteiger partial charge in [-0.3, -0.25) is 9.59 Å². The fourth-order valence-corrected chi connectivity index (χ4v) is 2.89. The van der Waals surface area contributed by atoms with E-state index in [9.17, 15) is 14.7 Å². The molecule has 21 heavy (non-hydrogen) atoms. The summed E-state index contributed by atoms with van der Waals surface area (Å²) in [5, 5.41) is 15.2. The van der Waals surface area contributed by atoms with Crippen molar-refractivity contribution in [2.45, 2.75) is 63.7 Å². The first-order chi connectivity index (χ1) is 10.1. The Hall–Kier alpha value is -1.14. The lowest BCUT2D eigenvalue weighted by molar-refractivity contribution is -0.138. The van der Waals surface area contributed by atoms with Crippen LogP contribution in [-0.2, 0) is 14.3 Å². The second kappa shape index (κ2) is 7.75. The molecule has 2 amide bonds. The Kier molecular flexibility index (Phi) is 5.99. The van der Waals surface area contributed by atoms with E-state index in [0.717, 1.165) is 32.1 Å². The van der Waals surface area contributed by atoms with Crippen molar-refractivity contribution in [3.05, 3.63) is 0 Å². The van der Waals surface area contributed by atoms with E-state index in [1.807, 2.05) is 6.92 Å². The third-order valence-corrected chi connectivity index (χ3v) is 4.39. The molecule has 1 saturated carbocycles. The second-order valence-electron chi connectivity index (χ2n) is 5.96. The van der Waals surface area contributed by atoms with Crippen molar-refractivity contribution in [3.8, 4) is 0 Å². The molecule has 6 heteroatoms. The summed E-state index contributed by atoms with van der Waals surface area (Å²) in [6.45, 7) is 2.35. The van der Waals surface area contributed by atoms with Crippen LogP contribution >= 0.6 is 0 Å². The normalized spacial score (nSPS) is 29.5. The molecule has 120 valence electrons. The summed E-state index contributed by atoms with van der Waals surface area (Å²) in [5.41, 5.74) is 0. The van der Waals surface area contributed by atoms with Gasteiger partial charge in [-0.15, -0.1) is 0 Å². The molecule has 0 bridgehead atoms. The van der Waals surface area contributed by atoms with Gasteiger partial charge in [0.25, 0.3) is 0 Å². The Bertz CT molecular complexity index is 371. The van der Waals surface area contributed by atoms with Gasteiger partial charge in [-0.1, -0.05) is 6.42 Å². The molecular formula is C15H26N2O4. The number of ether oxygens (including phenoxy) is 1. The molecule has 6 nitrogen and oxygen atoms in total. The molecule has 2 rings (SSSR count). The minimum atomic E-state index is -0.415. The van der Waals surface area contributed by atoms with Crippen LogP contribution in [-0.4, -0.2) is 48.3 Å². The highest BCUT2D eigenvalue weighted by Crippen LogP contribution is 2.28. The molecule has 0 spiro atoms. The fraction of sp³-hybridized carbons (Fsp3) is 0.867. The third-order valence-electron chi connectivity index (χ3n) is 4.39. The van der Waals surface area contributed by atoms with Gasteiger partial charge in [0.2, 0.25) is 11.8 Å². The van der Waals surface area contributed by atoms with Gasteiger partial charge in [0, 0.05) is 12.5 Å². The number of aliphatic hydroxyl groups excluding tert-OH is 1. The molecule has 1 saturated heterocycles. The summed E-state index contributed by atoms with van der Waals surface area (Å²) >= 11 is 0. The summed E-state index contributed by atoms with van der Waals surface area (Å²) in [5.74, 6) is 0.184. The van der Waals surface area contributed by atoms with Crippen LogP contribution < -0.4 is 10.6 Å². The highest BCUT2D eigenvalue weighted by Gasteiger charge is 2.35. The van der Waals surface area contributed by atoms with Gasteiger partial charge in [-0.05, 0) is 32.6 Å². The van der Waals surface area contributed by atoms with Crippen molar-refractivity contribution >= 4 is 11.8 Å². The van der Waals surface area contributed by atoms with Crippen LogP contribution in [0.5, 0.6) is 0 Å². The van der Waals surface area contributed by atoms with Crippen molar-refractivity contribution in [2.75, 3.05) is 13.2 Å². The van der Waals surface area contributed by atoms with Crippen molar-refractivity contribution < 1.29 is 19.4 Å². The van der Waals surface area contributed by atoms with Gasteiger partial charge in [-0.2, -0.15) is 0 Å². The van der Waals surface area contributed by atoms with E-state index >= 15 is 0 Å². The zero-order valence-electron chi connectivity index (χ0n) is 12.6. The maximum atomic E-state index is 12.0. The predicted octanol–water partition coefficient (Wildman–Crippen LogP) is 0.337. The Balaban J connectivity index is 1.80. The summed E-state index contributed by atoms with van der Waals surface area (Å²) in [4.78, 5) is 23.6. The Morgan fingerprint density at radius 1 is 1.24 bits per heavy atom. The van der Waals surface area contributed by atoms with Crippen LogP contribution in [0, 0.1) is 5.92 Å². The molecule has 1 heterocycles. The molecule has 0 unspecified atom stereocenters. The quantitative estimate of drug-likeness (QED) is 0.660. The average molecular weight is 298 g/mol. The van der Waals surface area contributed by atoms with Crippen molar-refractivity contribution in [1.29, 1.82) is 0 Å². The third kappa shape index (κ3) is 4.41. The zero-order chi connectivity index (χ0) is 15.2. The summed E-state index contributed by atoms with van der Waals surface area (Å²) in [6.07, 6.45) is 4.24. The maximum absolute atomic E-state index is 12.0. The molecule has 0 aromatic heterocycles. The fourth-order valence-electron chi connectivity index (χ4n) is 2.89. The zero-order valence-corrected chi connectivity index (χ0v) is 12.6. The van der Waals surface area contributed by atoms with Crippen molar-refractivity contribution in [3.63, 3.8) is 0 Å². The van der Waals surface area contributed by atoms with Crippen molar-refractivity contribution in [2.24, 2.45) is 5.92 Å². The lowest BCUT2D eigenvalue weighted by Crippen LogP contribution is -2.53. The van der Waals surface area contributed by atoms with Gasteiger partial charge in [0.05, 0.1) is 25.2 Å². The summed E-state index contributed by atoms with van der Waals surface area (Å²) in [7, 11) is 0. The lowest BCUT2D eigenvalue weighted by Gasteiger charge is -2.37. The van der Waals surface area contributed by atoms with E-state index in [-0.39, 0.29) is 36.5 Å². The number of hydrogen-bond donors (Lipinski definition) is 3. The number of aliphatic hydroxyl groups is 1. The monoisotopic (exact) mass is 298 g/mol. The average Bonchev–Trinajstić information content (AvgIpc) is 2.38. The first-order valence-electron chi connectivity index (χ1n) is 7.97. The SMILES string of the molecule is CCNC(=O)C[C@@H]1CC[C@H](NC(=O)C2CCC2)[C@@H](CO)O1. The van der Waals surface area contributed by atoms with Crippen LogP contribution in [0.3, 0.4) is 0 Å². The van der Waals surface area contributed by atoms with Gasteiger partial charge in [-0.25, -0.2) is 0 Å². The molecule has 1 aliphatic heterocycles. The molecule has 3 atom stereocenters. The first-order valence-corrected chi connectivity index (χ1v) is 7.97. The molecule has 2 fully saturated rings. The van der Waals surface area contributed by atoms with Gasteiger partial charge in [0.15, 0.2) is 0 Å². The lowest BCUT2D eigenvalue weighted by atomic mass is 9.84.